The topological polar surface area (TPSA) is 12.0 Å². The van der Waals surface area contributed by atoms with Gasteiger partial charge in [-0.2, -0.15) is 0 Å². The Morgan fingerprint density at radius 2 is 1.78 bits per heavy atom. The van der Waals surface area contributed by atoms with Crippen molar-refractivity contribution >= 4 is 0 Å². The molecule has 1 N–H and O–H groups in total. The first-order chi connectivity index (χ1) is 8.43. The minimum Gasteiger partial charge on any atom is -0.313 e. The van der Waals surface area contributed by atoms with E-state index in [0.717, 1.165) is 13.0 Å². The zero-order valence-corrected chi connectivity index (χ0v) is 13.0. The van der Waals surface area contributed by atoms with Crippen LogP contribution in [0.4, 0.5) is 0 Å². The number of nitrogens with one attached hydrogen (secondary N) is 1. The Morgan fingerprint density at radius 1 is 1.17 bits per heavy atom. The summed E-state index contributed by atoms with van der Waals surface area (Å²) < 4.78 is 0. The molecule has 104 valence electrons. The van der Waals surface area contributed by atoms with Crippen LogP contribution in [-0.2, 0) is 0 Å². The summed E-state index contributed by atoms with van der Waals surface area (Å²) in [7, 11) is 0. The SMILES string of the molecule is CCNC(CC#CC(C)(C)C)C1(CC)CCCC1. The fourth-order valence-electron chi connectivity index (χ4n) is 3.20. The summed E-state index contributed by atoms with van der Waals surface area (Å²) >= 11 is 0. The number of hydrogen-bond acceptors (Lipinski definition) is 1. The molecule has 1 nitrogen and oxygen atoms in total. The van der Waals surface area contributed by atoms with Crippen molar-refractivity contribution < 1.29 is 0 Å². The Morgan fingerprint density at radius 3 is 2.22 bits per heavy atom. The van der Waals surface area contributed by atoms with E-state index in [0.29, 0.717) is 11.5 Å². The van der Waals surface area contributed by atoms with Gasteiger partial charge in [-0.25, -0.2) is 0 Å². The van der Waals surface area contributed by atoms with Gasteiger partial charge < -0.3 is 5.32 Å². The van der Waals surface area contributed by atoms with Crippen LogP contribution in [0.5, 0.6) is 0 Å². The lowest BCUT2D eigenvalue weighted by molar-refractivity contribution is 0.190. The van der Waals surface area contributed by atoms with Crippen LogP contribution in [0.1, 0.15) is 73.1 Å². The molecule has 18 heavy (non-hydrogen) atoms. The molecule has 1 fully saturated rings. The summed E-state index contributed by atoms with van der Waals surface area (Å²) in [5, 5.41) is 3.70. The molecule has 1 aliphatic rings. The van der Waals surface area contributed by atoms with Crippen LogP contribution >= 0.6 is 0 Å². The summed E-state index contributed by atoms with van der Waals surface area (Å²) in [6.07, 6.45) is 7.89. The Bertz CT molecular complexity index is 294. The molecule has 0 saturated heterocycles. The molecule has 0 aromatic heterocycles. The van der Waals surface area contributed by atoms with E-state index in [9.17, 15) is 0 Å². The van der Waals surface area contributed by atoms with Crippen LogP contribution < -0.4 is 5.32 Å². The highest BCUT2D eigenvalue weighted by atomic mass is 14.9. The lowest BCUT2D eigenvalue weighted by atomic mass is 9.75. The fourth-order valence-corrected chi connectivity index (χ4v) is 3.20. The molecule has 0 aromatic carbocycles. The van der Waals surface area contributed by atoms with Crippen molar-refractivity contribution in [3.8, 4) is 11.8 Å². The van der Waals surface area contributed by atoms with Crippen molar-refractivity contribution in [1.29, 1.82) is 0 Å². The molecule has 0 radical (unpaired) electrons. The quantitative estimate of drug-likeness (QED) is 0.713. The van der Waals surface area contributed by atoms with Crippen LogP contribution in [0.15, 0.2) is 0 Å². The molecule has 1 atom stereocenters. The van der Waals surface area contributed by atoms with Gasteiger partial charge in [0, 0.05) is 17.9 Å². The highest BCUT2D eigenvalue weighted by molar-refractivity contribution is 5.10. The molecule has 0 amide bonds. The van der Waals surface area contributed by atoms with Gasteiger partial charge in [-0.1, -0.05) is 32.6 Å². The molecule has 1 rings (SSSR count). The van der Waals surface area contributed by atoms with Crippen molar-refractivity contribution in [1.82, 2.24) is 5.32 Å². The van der Waals surface area contributed by atoms with Gasteiger partial charge in [0.05, 0.1) is 0 Å². The van der Waals surface area contributed by atoms with Crippen LogP contribution in [-0.4, -0.2) is 12.6 Å². The molecule has 0 bridgehead atoms. The largest absolute Gasteiger partial charge is 0.313 e. The van der Waals surface area contributed by atoms with E-state index < -0.39 is 0 Å². The zero-order valence-electron chi connectivity index (χ0n) is 13.0. The van der Waals surface area contributed by atoms with Crippen LogP contribution in [0.2, 0.25) is 0 Å². The van der Waals surface area contributed by atoms with Crippen molar-refractivity contribution in [3.05, 3.63) is 0 Å². The van der Waals surface area contributed by atoms with Gasteiger partial charge in [-0.15, -0.1) is 5.92 Å². The van der Waals surface area contributed by atoms with Gasteiger partial charge in [0.25, 0.3) is 0 Å². The second kappa shape index (κ2) is 6.62. The van der Waals surface area contributed by atoms with Gasteiger partial charge in [0.2, 0.25) is 0 Å². The third kappa shape index (κ3) is 4.32. The van der Waals surface area contributed by atoms with Crippen molar-refractivity contribution in [2.24, 2.45) is 10.8 Å². The Balaban J connectivity index is 2.71. The Labute approximate surface area is 114 Å². The Hall–Kier alpha value is -0.480. The standard InChI is InChI=1S/C17H31N/c1-6-17(13-8-9-14-17)15(18-7-2)11-10-12-16(3,4)5/h15,18H,6-9,11,13-14H2,1-5H3. The highest BCUT2D eigenvalue weighted by Gasteiger charge is 2.38. The molecule has 1 saturated carbocycles. The maximum atomic E-state index is 3.70. The van der Waals surface area contributed by atoms with E-state index in [2.05, 4.69) is 51.8 Å². The molecule has 0 heterocycles. The average Bonchev–Trinajstić information content (AvgIpc) is 2.76. The second-order valence-electron chi connectivity index (χ2n) is 6.79. The summed E-state index contributed by atoms with van der Waals surface area (Å²) in [5.41, 5.74) is 0.647. The van der Waals surface area contributed by atoms with Crippen molar-refractivity contribution in [3.63, 3.8) is 0 Å². The molecule has 0 aromatic rings. The number of rotatable bonds is 5. The molecular formula is C17H31N. The zero-order chi connectivity index (χ0) is 13.6. The first kappa shape index (κ1) is 15.6. The first-order valence-electron chi connectivity index (χ1n) is 7.67. The van der Waals surface area contributed by atoms with Crippen LogP contribution in [0, 0.1) is 22.7 Å². The lowest BCUT2D eigenvalue weighted by Gasteiger charge is -2.36. The second-order valence-corrected chi connectivity index (χ2v) is 6.79. The predicted molar refractivity (Wildman–Crippen MR) is 80.5 cm³/mol. The van der Waals surface area contributed by atoms with Gasteiger partial charge >= 0.3 is 0 Å². The van der Waals surface area contributed by atoms with Gasteiger partial charge in [0.1, 0.15) is 0 Å². The number of hydrogen-bond donors (Lipinski definition) is 1. The first-order valence-corrected chi connectivity index (χ1v) is 7.67. The molecule has 1 aliphatic carbocycles. The highest BCUT2D eigenvalue weighted by Crippen LogP contribution is 2.44. The average molecular weight is 249 g/mol. The monoisotopic (exact) mass is 249 g/mol. The summed E-state index contributed by atoms with van der Waals surface area (Å²) in [5.74, 6) is 6.82. The third-order valence-electron chi connectivity index (χ3n) is 4.26. The van der Waals surface area contributed by atoms with E-state index >= 15 is 0 Å². The van der Waals surface area contributed by atoms with E-state index in [-0.39, 0.29) is 5.41 Å². The minimum absolute atomic E-state index is 0.131. The molecule has 1 heteroatoms. The van der Waals surface area contributed by atoms with E-state index in [4.69, 9.17) is 0 Å². The normalized spacial score (nSPS) is 20.3. The lowest BCUT2D eigenvalue weighted by Crippen LogP contribution is -2.43. The van der Waals surface area contributed by atoms with Crippen molar-refractivity contribution in [2.75, 3.05) is 6.54 Å². The maximum Gasteiger partial charge on any atom is 0.0248 e. The van der Waals surface area contributed by atoms with Gasteiger partial charge in [-0.05, 0) is 52.0 Å². The molecular weight excluding hydrogens is 218 g/mol. The molecule has 1 unspecified atom stereocenters. The summed E-state index contributed by atoms with van der Waals surface area (Å²) in [4.78, 5) is 0. The smallest absolute Gasteiger partial charge is 0.0248 e. The fraction of sp³-hybridized carbons (Fsp3) is 0.882. The van der Waals surface area contributed by atoms with Crippen molar-refractivity contribution in [2.45, 2.75) is 79.2 Å². The van der Waals surface area contributed by atoms with E-state index in [1.807, 2.05) is 0 Å². The minimum atomic E-state index is 0.131. The third-order valence-corrected chi connectivity index (χ3v) is 4.26. The maximum absolute atomic E-state index is 3.70. The van der Waals surface area contributed by atoms with Gasteiger partial charge in [-0.3, -0.25) is 0 Å². The van der Waals surface area contributed by atoms with Crippen LogP contribution in [0.25, 0.3) is 0 Å². The molecule has 0 aliphatic heterocycles. The van der Waals surface area contributed by atoms with Crippen LogP contribution in [0.3, 0.4) is 0 Å². The molecule has 0 spiro atoms. The summed E-state index contributed by atoms with van der Waals surface area (Å²) in [6, 6.07) is 0.588. The van der Waals surface area contributed by atoms with Gasteiger partial charge in [0.15, 0.2) is 0 Å². The Kier molecular flexibility index (Phi) is 5.73. The van der Waals surface area contributed by atoms with E-state index in [1.165, 1.54) is 32.1 Å². The van der Waals surface area contributed by atoms with E-state index in [1.54, 1.807) is 0 Å². The summed E-state index contributed by atoms with van der Waals surface area (Å²) in [6.45, 7) is 12.2. The predicted octanol–water partition coefficient (Wildman–Crippen LogP) is 4.37.